The summed E-state index contributed by atoms with van der Waals surface area (Å²) >= 11 is 0. The molecular weight excluding hydrogens is 442 g/mol. The zero-order chi connectivity index (χ0) is 24.6. The third-order valence-corrected chi connectivity index (χ3v) is 10.0. The van der Waals surface area contributed by atoms with Crippen molar-refractivity contribution in [1.29, 1.82) is 0 Å². The van der Waals surface area contributed by atoms with E-state index in [9.17, 15) is 14.4 Å². The summed E-state index contributed by atoms with van der Waals surface area (Å²) in [5, 5.41) is 2.25. The quantitative estimate of drug-likeness (QED) is 0.285. The second kappa shape index (κ2) is 9.30. The van der Waals surface area contributed by atoms with E-state index in [1.54, 1.807) is 26.8 Å². The maximum absolute atomic E-state index is 13.1. The van der Waals surface area contributed by atoms with Crippen LogP contribution in [0.15, 0.2) is 42.5 Å². The van der Waals surface area contributed by atoms with Gasteiger partial charge in [-0.15, -0.1) is 0 Å². The van der Waals surface area contributed by atoms with Crippen LogP contribution in [0.5, 0.6) is 0 Å². The van der Waals surface area contributed by atoms with Gasteiger partial charge in [-0.25, -0.2) is 4.79 Å². The molecule has 1 aliphatic carbocycles. The molecule has 0 N–H and O–H groups in total. The Balaban J connectivity index is 2.13. The van der Waals surface area contributed by atoms with Gasteiger partial charge >= 0.3 is 18.0 Å². The zero-order valence-electron chi connectivity index (χ0n) is 20.2. The lowest BCUT2D eigenvalue weighted by Crippen LogP contribution is -2.57. The van der Waals surface area contributed by atoms with Gasteiger partial charge in [0.15, 0.2) is 6.10 Å². The fraction of sp³-hybridized carbons (Fsp3) is 0.542. The number of hydrogen-bond donors (Lipinski definition) is 0. The molecule has 2 bridgehead atoms. The van der Waals surface area contributed by atoms with Gasteiger partial charge in [0.25, 0.3) is 0 Å². The molecule has 9 heteroatoms. The number of carbonyl (C=O) groups excluding carboxylic acids is 3. The van der Waals surface area contributed by atoms with Crippen molar-refractivity contribution in [2.75, 3.05) is 0 Å². The van der Waals surface area contributed by atoms with E-state index in [1.807, 2.05) is 36.4 Å². The number of carbonyl (C=O) groups is 3. The van der Waals surface area contributed by atoms with Crippen LogP contribution in [0.1, 0.15) is 34.6 Å². The van der Waals surface area contributed by atoms with E-state index in [2.05, 4.69) is 13.1 Å². The van der Waals surface area contributed by atoms with Gasteiger partial charge in [0, 0.05) is 19.4 Å². The summed E-state index contributed by atoms with van der Waals surface area (Å²) in [4.78, 5) is 43.5. The third-order valence-electron chi connectivity index (χ3n) is 5.90. The number of hydrogen-bond acceptors (Lipinski definition) is 7. The standard InChI is InChI=1S/C24H33NO7Si/c1-15(26)29-20-18-13-14-19(32-25(18)23(28)31-24(3,4)5)22(21(20)30-16(2)27)33(6,7)17-11-9-8-10-12-17/h8-14,18-22H,1-7H3/t18-,19+,20+,21+,22+/m0/s1. The van der Waals surface area contributed by atoms with Gasteiger partial charge in [0.2, 0.25) is 0 Å². The van der Waals surface area contributed by atoms with Crippen molar-refractivity contribution in [2.45, 2.75) is 83.2 Å². The maximum Gasteiger partial charge on any atom is 0.435 e. The molecule has 2 aliphatic heterocycles. The van der Waals surface area contributed by atoms with E-state index in [4.69, 9.17) is 19.0 Å². The molecule has 8 nitrogen and oxygen atoms in total. The van der Waals surface area contributed by atoms with Crippen LogP contribution in [0, 0.1) is 0 Å². The molecule has 1 fully saturated rings. The summed E-state index contributed by atoms with van der Waals surface area (Å²) in [5.74, 6) is -1.04. The average molecular weight is 476 g/mol. The van der Waals surface area contributed by atoms with Crippen molar-refractivity contribution >= 4 is 31.3 Å². The van der Waals surface area contributed by atoms with Crippen LogP contribution >= 0.6 is 0 Å². The molecule has 1 amide bonds. The Labute approximate surface area is 195 Å². The largest absolute Gasteiger partial charge is 0.458 e. The van der Waals surface area contributed by atoms with Crippen LogP contribution in [0.25, 0.3) is 0 Å². The fourth-order valence-corrected chi connectivity index (χ4v) is 8.07. The summed E-state index contributed by atoms with van der Waals surface area (Å²) in [7, 11) is -2.43. The molecule has 0 aromatic heterocycles. The molecule has 0 saturated carbocycles. The van der Waals surface area contributed by atoms with Gasteiger partial charge in [-0.2, -0.15) is 5.06 Å². The summed E-state index contributed by atoms with van der Waals surface area (Å²) in [6.07, 6.45) is 0.598. The first kappa shape index (κ1) is 25.0. The first-order valence-electron chi connectivity index (χ1n) is 11.1. The van der Waals surface area contributed by atoms with Gasteiger partial charge in [-0.05, 0) is 20.8 Å². The van der Waals surface area contributed by atoms with Crippen molar-refractivity contribution in [3.05, 3.63) is 42.5 Å². The average Bonchev–Trinajstić information content (AvgIpc) is 2.91. The SMILES string of the molecule is CC(=O)O[C@@H]1[C@H](OC(C)=O)[C@@H]2C=C[C@@H](ON2C(=O)OC(C)(C)C)[C@H]1[Si](C)(C)c1ccccc1. The number of fused-ring (bicyclic) bond motifs is 3. The smallest absolute Gasteiger partial charge is 0.435 e. The number of rotatable bonds is 4. The number of esters is 2. The molecule has 180 valence electrons. The second-order valence-electron chi connectivity index (χ2n) is 10.0. The molecule has 1 aromatic carbocycles. The molecule has 4 rings (SSSR count). The Kier molecular flexibility index (Phi) is 7.04. The number of hydroxylamine groups is 2. The number of amides is 1. The second-order valence-corrected chi connectivity index (χ2v) is 14.7. The Bertz CT molecular complexity index is 924. The Hall–Kier alpha value is -2.65. The Morgan fingerprint density at radius 2 is 1.52 bits per heavy atom. The molecule has 0 radical (unpaired) electrons. The summed E-state index contributed by atoms with van der Waals surface area (Å²) in [6.45, 7) is 12.2. The van der Waals surface area contributed by atoms with Gasteiger partial charge in [0.1, 0.15) is 23.9 Å². The number of ether oxygens (including phenoxy) is 3. The highest BCUT2D eigenvalue weighted by Crippen LogP contribution is 2.43. The molecule has 3 aliphatic rings. The summed E-state index contributed by atoms with van der Waals surface area (Å²) in [5.41, 5.74) is -1.10. The van der Waals surface area contributed by atoms with E-state index >= 15 is 0 Å². The zero-order valence-corrected chi connectivity index (χ0v) is 21.2. The van der Waals surface area contributed by atoms with Crippen molar-refractivity contribution in [3.63, 3.8) is 0 Å². The normalized spacial score (nSPS) is 27.0. The monoisotopic (exact) mass is 475 g/mol. The highest BCUT2D eigenvalue weighted by molar-refractivity contribution is 6.91. The Morgan fingerprint density at radius 1 is 0.939 bits per heavy atom. The van der Waals surface area contributed by atoms with E-state index in [0.29, 0.717) is 0 Å². The fourth-order valence-electron chi connectivity index (χ4n) is 4.57. The van der Waals surface area contributed by atoms with Crippen LogP contribution in [0.3, 0.4) is 0 Å². The predicted octanol–water partition coefficient (Wildman–Crippen LogP) is 3.32. The molecule has 1 aromatic rings. The van der Waals surface area contributed by atoms with E-state index in [1.165, 1.54) is 13.8 Å². The summed E-state index contributed by atoms with van der Waals surface area (Å²) < 4.78 is 17.1. The maximum atomic E-state index is 13.1. The molecular formula is C24H33NO7Si. The van der Waals surface area contributed by atoms with E-state index < -0.39 is 56.1 Å². The van der Waals surface area contributed by atoms with Gasteiger partial charge in [-0.3, -0.25) is 14.4 Å². The topological polar surface area (TPSA) is 91.4 Å². The lowest BCUT2D eigenvalue weighted by atomic mass is 10.0. The molecule has 2 heterocycles. The lowest BCUT2D eigenvalue weighted by molar-refractivity contribution is -0.198. The summed E-state index contributed by atoms with van der Waals surface area (Å²) in [6, 6.07) is 9.15. The van der Waals surface area contributed by atoms with Crippen LogP contribution < -0.4 is 5.19 Å². The number of nitrogens with zero attached hydrogens (tertiary/aromatic N) is 1. The first-order valence-corrected chi connectivity index (χ1v) is 14.2. The predicted molar refractivity (Wildman–Crippen MR) is 124 cm³/mol. The minimum atomic E-state index is -2.43. The third kappa shape index (κ3) is 5.47. The molecule has 0 spiro atoms. The van der Waals surface area contributed by atoms with Gasteiger partial charge in [-0.1, -0.05) is 60.8 Å². The first-order chi connectivity index (χ1) is 15.3. The molecule has 33 heavy (non-hydrogen) atoms. The van der Waals surface area contributed by atoms with Crippen molar-refractivity contribution in [3.8, 4) is 0 Å². The minimum Gasteiger partial charge on any atom is -0.458 e. The lowest BCUT2D eigenvalue weighted by Gasteiger charge is -2.40. The highest BCUT2D eigenvalue weighted by atomic mass is 28.3. The van der Waals surface area contributed by atoms with E-state index in [0.717, 1.165) is 10.2 Å². The van der Waals surface area contributed by atoms with Crippen molar-refractivity contribution < 1.29 is 33.4 Å². The van der Waals surface area contributed by atoms with Gasteiger partial charge in [0.05, 0.1) is 8.07 Å². The van der Waals surface area contributed by atoms with Crippen LogP contribution in [-0.2, 0) is 28.6 Å². The highest BCUT2D eigenvalue weighted by Gasteiger charge is 2.57. The molecule has 5 atom stereocenters. The van der Waals surface area contributed by atoms with Crippen LogP contribution in [-0.4, -0.2) is 61.1 Å². The molecule has 0 unspecified atom stereocenters. The van der Waals surface area contributed by atoms with Crippen LogP contribution in [0.2, 0.25) is 18.6 Å². The van der Waals surface area contributed by atoms with Gasteiger partial charge < -0.3 is 14.2 Å². The minimum absolute atomic E-state index is 0.346. The number of benzene rings is 1. The Morgan fingerprint density at radius 3 is 2.06 bits per heavy atom. The molecule has 1 saturated heterocycles. The van der Waals surface area contributed by atoms with Crippen LogP contribution in [0.4, 0.5) is 4.79 Å². The van der Waals surface area contributed by atoms with Crippen molar-refractivity contribution in [2.24, 2.45) is 0 Å². The van der Waals surface area contributed by atoms with E-state index in [-0.39, 0.29) is 5.54 Å². The van der Waals surface area contributed by atoms with Crippen molar-refractivity contribution in [1.82, 2.24) is 5.06 Å².